The van der Waals surface area contributed by atoms with Crippen LogP contribution in [0.4, 0.5) is 0 Å². The minimum atomic E-state index is 0.717. The predicted molar refractivity (Wildman–Crippen MR) is 78.0 cm³/mol. The van der Waals surface area contributed by atoms with Crippen LogP contribution in [0.5, 0.6) is 0 Å². The Morgan fingerprint density at radius 3 is 2.44 bits per heavy atom. The van der Waals surface area contributed by atoms with E-state index < -0.39 is 0 Å². The molecule has 0 aromatic rings. The summed E-state index contributed by atoms with van der Waals surface area (Å²) in [6.45, 7) is 10.8. The fourth-order valence-electron chi connectivity index (χ4n) is 3.22. The molecule has 0 amide bonds. The molecule has 3 nitrogen and oxygen atoms in total. The first kappa shape index (κ1) is 14.3. The monoisotopic (exact) mass is 253 g/mol. The van der Waals surface area contributed by atoms with Gasteiger partial charge in [0.15, 0.2) is 0 Å². The van der Waals surface area contributed by atoms with Gasteiger partial charge in [-0.15, -0.1) is 0 Å². The molecule has 1 saturated carbocycles. The van der Waals surface area contributed by atoms with Crippen molar-refractivity contribution >= 4 is 0 Å². The Morgan fingerprint density at radius 1 is 1.06 bits per heavy atom. The maximum atomic E-state index is 3.76. The molecule has 2 fully saturated rings. The first-order chi connectivity index (χ1) is 8.65. The van der Waals surface area contributed by atoms with Crippen LogP contribution in [-0.2, 0) is 0 Å². The number of hydrogen-bond donors (Lipinski definition) is 1. The van der Waals surface area contributed by atoms with Crippen LogP contribution in [0.15, 0.2) is 0 Å². The Bertz CT molecular complexity index is 236. The Hall–Kier alpha value is -0.120. The molecule has 1 aliphatic carbocycles. The van der Waals surface area contributed by atoms with Crippen molar-refractivity contribution in [3.63, 3.8) is 0 Å². The molecular formula is C15H31N3. The lowest BCUT2D eigenvalue weighted by molar-refractivity contribution is 0.104. The van der Waals surface area contributed by atoms with E-state index in [0.29, 0.717) is 6.04 Å². The molecule has 0 bridgehead atoms. The lowest BCUT2D eigenvalue weighted by atomic mass is 9.87. The number of rotatable bonds is 4. The summed E-state index contributed by atoms with van der Waals surface area (Å²) in [5.74, 6) is 0.960. The van der Waals surface area contributed by atoms with Crippen LogP contribution in [0, 0.1) is 5.92 Å². The minimum Gasteiger partial charge on any atom is -0.313 e. The van der Waals surface area contributed by atoms with Crippen LogP contribution in [0.2, 0.25) is 0 Å². The van der Waals surface area contributed by atoms with Gasteiger partial charge in [-0.2, -0.15) is 0 Å². The largest absolute Gasteiger partial charge is 0.313 e. The molecule has 1 unspecified atom stereocenters. The molecule has 1 N–H and O–H groups in total. The molecule has 1 aliphatic heterocycles. The Kier molecular flexibility index (Phi) is 5.46. The van der Waals surface area contributed by atoms with Gasteiger partial charge in [0.25, 0.3) is 0 Å². The predicted octanol–water partition coefficient (Wildman–Crippen LogP) is 1.79. The number of nitrogens with one attached hydrogen (secondary N) is 1. The van der Waals surface area contributed by atoms with Crippen LogP contribution < -0.4 is 5.32 Å². The summed E-state index contributed by atoms with van der Waals surface area (Å²) in [5.41, 5.74) is 0. The highest BCUT2D eigenvalue weighted by molar-refractivity contribution is 4.79. The maximum absolute atomic E-state index is 3.76. The van der Waals surface area contributed by atoms with E-state index in [-0.39, 0.29) is 0 Å². The third kappa shape index (κ3) is 4.22. The molecule has 18 heavy (non-hydrogen) atoms. The lowest BCUT2D eigenvalue weighted by Gasteiger charge is -2.38. The Balaban J connectivity index is 1.58. The molecule has 2 aliphatic rings. The van der Waals surface area contributed by atoms with Crippen molar-refractivity contribution in [2.24, 2.45) is 5.92 Å². The van der Waals surface area contributed by atoms with Crippen molar-refractivity contribution in [1.29, 1.82) is 0 Å². The van der Waals surface area contributed by atoms with Crippen molar-refractivity contribution < 1.29 is 0 Å². The lowest BCUT2D eigenvalue weighted by Crippen LogP contribution is -2.51. The average Bonchev–Trinajstić information content (AvgIpc) is 2.36. The van der Waals surface area contributed by atoms with Crippen LogP contribution in [-0.4, -0.2) is 61.7 Å². The number of nitrogens with zero attached hydrogens (tertiary/aromatic N) is 2. The van der Waals surface area contributed by atoms with E-state index >= 15 is 0 Å². The first-order valence-corrected chi connectivity index (χ1v) is 7.81. The molecule has 3 heteroatoms. The van der Waals surface area contributed by atoms with Crippen molar-refractivity contribution in [3.8, 4) is 0 Å². The quantitative estimate of drug-likeness (QED) is 0.824. The normalized spacial score (nSPS) is 35.8. The van der Waals surface area contributed by atoms with Gasteiger partial charge in [-0.3, -0.25) is 4.90 Å². The molecule has 106 valence electrons. The van der Waals surface area contributed by atoms with Crippen molar-refractivity contribution in [2.45, 2.75) is 51.6 Å². The van der Waals surface area contributed by atoms with Gasteiger partial charge in [0, 0.05) is 44.8 Å². The van der Waals surface area contributed by atoms with Gasteiger partial charge in [-0.05, 0) is 45.6 Å². The van der Waals surface area contributed by atoms with Crippen molar-refractivity contribution in [2.75, 3.05) is 39.8 Å². The minimum absolute atomic E-state index is 0.717. The second-order valence-corrected chi connectivity index (χ2v) is 6.54. The molecule has 1 heterocycles. The van der Waals surface area contributed by atoms with Gasteiger partial charge >= 0.3 is 0 Å². The third-order valence-electron chi connectivity index (χ3n) is 4.92. The topological polar surface area (TPSA) is 18.5 Å². The summed E-state index contributed by atoms with van der Waals surface area (Å²) in [7, 11) is 2.24. The highest BCUT2D eigenvalue weighted by atomic mass is 15.3. The number of hydrogen-bond acceptors (Lipinski definition) is 3. The van der Waals surface area contributed by atoms with E-state index in [2.05, 4.69) is 36.0 Å². The van der Waals surface area contributed by atoms with Gasteiger partial charge in [0.05, 0.1) is 0 Å². The van der Waals surface area contributed by atoms with Crippen LogP contribution in [0.25, 0.3) is 0 Å². The highest BCUT2D eigenvalue weighted by Gasteiger charge is 2.21. The van der Waals surface area contributed by atoms with Crippen LogP contribution >= 0.6 is 0 Å². The van der Waals surface area contributed by atoms with E-state index in [1.165, 1.54) is 58.4 Å². The van der Waals surface area contributed by atoms with Gasteiger partial charge < -0.3 is 10.2 Å². The summed E-state index contributed by atoms with van der Waals surface area (Å²) < 4.78 is 0. The molecule has 0 aromatic carbocycles. The Morgan fingerprint density at radius 2 is 1.78 bits per heavy atom. The fourth-order valence-corrected chi connectivity index (χ4v) is 3.22. The highest BCUT2D eigenvalue weighted by Crippen LogP contribution is 2.23. The Labute approximate surface area is 113 Å². The molecule has 0 spiro atoms. The molecule has 1 atom stereocenters. The standard InChI is InChI=1S/C15H31N3/c1-13-4-6-15(7-5-13)16-8-9-18-11-10-17(3)14(2)12-18/h13-16H,4-12H2,1-3H3. The SMILES string of the molecule is CC1CCC(NCCN2CCN(C)C(C)C2)CC1. The van der Waals surface area contributed by atoms with Crippen molar-refractivity contribution in [3.05, 3.63) is 0 Å². The third-order valence-corrected chi connectivity index (χ3v) is 4.92. The van der Waals surface area contributed by atoms with Crippen molar-refractivity contribution in [1.82, 2.24) is 15.1 Å². The van der Waals surface area contributed by atoms with E-state index in [0.717, 1.165) is 12.0 Å². The zero-order valence-corrected chi connectivity index (χ0v) is 12.5. The average molecular weight is 253 g/mol. The molecule has 1 saturated heterocycles. The summed E-state index contributed by atoms with van der Waals surface area (Å²) in [6.07, 6.45) is 5.62. The zero-order chi connectivity index (χ0) is 13.0. The van der Waals surface area contributed by atoms with Gasteiger partial charge in [0.2, 0.25) is 0 Å². The summed E-state index contributed by atoms with van der Waals surface area (Å²) in [5, 5.41) is 3.76. The van der Waals surface area contributed by atoms with E-state index in [4.69, 9.17) is 0 Å². The van der Waals surface area contributed by atoms with E-state index in [1.807, 2.05) is 0 Å². The second-order valence-electron chi connectivity index (χ2n) is 6.54. The first-order valence-electron chi connectivity index (χ1n) is 7.81. The summed E-state index contributed by atoms with van der Waals surface area (Å²) in [4.78, 5) is 5.08. The second kappa shape index (κ2) is 6.88. The van der Waals surface area contributed by atoms with Gasteiger partial charge in [-0.1, -0.05) is 6.92 Å². The van der Waals surface area contributed by atoms with Crippen LogP contribution in [0.3, 0.4) is 0 Å². The molecule has 0 radical (unpaired) electrons. The maximum Gasteiger partial charge on any atom is 0.0192 e. The molecule has 0 aromatic heterocycles. The van der Waals surface area contributed by atoms with E-state index in [1.54, 1.807) is 0 Å². The fraction of sp³-hybridized carbons (Fsp3) is 1.00. The van der Waals surface area contributed by atoms with Crippen LogP contribution in [0.1, 0.15) is 39.5 Å². The summed E-state index contributed by atoms with van der Waals surface area (Å²) >= 11 is 0. The molecule has 2 rings (SSSR count). The number of piperazine rings is 1. The zero-order valence-electron chi connectivity index (χ0n) is 12.5. The van der Waals surface area contributed by atoms with Gasteiger partial charge in [-0.25, -0.2) is 0 Å². The number of likely N-dealkylation sites (N-methyl/N-ethyl adjacent to an activating group) is 1. The van der Waals surface area contributed by atoms with Gasteiger partial charge in [0.1, 0.15) is 0 Å². The summed E-state index contributed by atoms with van der Waals surface area (Å²) in [6, 6.07) is 1.51. The van der Waals surface area contributed by atoms with E-state index in [9.17, 15) is 0 Å². The smallest absolute Gasteiger partial charge is 0.0192 e. The molecular weight excluding hydrogens is 222 g/mol.